The topological polar surface area (TPSA) is 60.4 Å². The lowest BCUT2D eigenvalue weighted by Gasteiger charge is -2.19. The van der Waals surface area contributed by atoms with E-state index in [0.29, 0.717) is 0 Å². The minimum Gasteiger partial charge on any atom is -0.465 e. The summed E-state index contributed by atoms with van der Waals surface area (Å²) in [6, 6.07) is 12.2. The van der Waals surface area contributed by atoms with E-state index in [-0.39, 0.29) is 21.4 Å². The van der Waals surface area contributed by atoms with Gasteiger partial charge in [0, 0.05) is 0 Å². The molecule has 0 amide bonds. The van der Waals surface area contributed by atoms with Gasteiger partial charge in [0.1, 0.15) is 6.17 Å². The molecule has 2 aromatic carbocycles. The molecule has 0 aromatic heterocycles. The first kappa shape index (κ1) is 20.1. The maximum atomic E-state index is 14.5. The summed E-state index contributed by atoms with van der Waals surface area (Å²) in [5, 5.41) is 0. The average molecular weight is 378 g/mol. The van der Waals surface area contributed by atoms with E-state index >= 15 is 0 Å². The summed E-state index contributed by atoms with van der Waals surface area (Å²) in [5.74, 6) is -1.18. The molecule has 1 unspecified atom stereocenters. The number of halogens is 1. The third kappa shape index (κ3) is 4.69. The molecule has 0 fully saturated rings. The summed E-state index contributed by atoms with van der Waals surface area (Å²) in [7, 11) is -2.51. The average Bonchev–Trinajstić information content (AvgIpc) is 2.60. The van der Waals surface area contributed by atoms with Crippen molar-refractivity contribution in [2.24, 2.45) is 0 Å². The second kappa shape index (κ2) is 7.58. The van der Waals surface area contributed by atoms with Gasteiger partial charge in [-0.1, -0.05) is 45.0 Å². The molecular formula is C20H23FO4S. The first-order valence-electron chi connectivity index (χ1n) is 8.20. The predicted molar refractivity (Wildman–Crippen MR) is 98.8 cm³/mol. The van der Waals surface area contributed by atoms with Crippen molar-refractivity contribution in [1.82, 2.24) is 0 Å². The lowest BCUT2D eigenvalue weighted by atomic mass is 9.87. The summed E-state index contributed by atoms with van der Waals surface area (Å²) in [4.78, 5) is 11.5. The first-order chi connectivity index (χ1) is 12.0. The number of esters is 1. The van der Waals surface area contributed by atoms with Crippen LogP contribution in [0.2, 0.25) is 0 Å². The van der Waals surface area contributed by atoms with Gasteiger partial charge in [-0.25, -0.2) is 17.6 Å². The number of hydrogen-bond donors (Lipinski definition) is 0. The van der Waals surface area contributed by atoms with Crippen LogP contribution in [0.5, 0.6) is 0 Å². The van der Waals surface area contributed by atoms with E-state index in [0.717, 1.165) is 5.56 Å². The van der Waals surface area contributed by atoms with Gasteiger partial charge in [0.25, 0.3) is 0 Å². The summed E-state index contributed by atoms with van der Waals surface area (Å²) in [6.45, 7) is 6.10. The number of carbonyl (C=O) groups excluding carboxylic acids is 1. The minimum absolute atomic E-state index is 0.0910. The molecule has 0 aliphatic rings. The Balaban J connectivity index is 2.16. The fraction of sp³-hybridized carbons (Fsp3) is 0.350. The summed E-state index contributed by atoms with van der Waals surface area (Å²) >= 11 is 0. The Morgan fingerprint density at radius 2 is 1.58 bits per heavy atom. The summed E-state index contributed by atoms with van der Waals surface area (Å²) < 4.78 is 44.1. The maximum Gasteiger partial charge on any atom is 0.337 e. The van der Waals surface area contributed by atoms with Gasteiger partial charge in [-0.2, -0.15) is 0 Å². The number of alkyl halides is 1. The van der Waals surface area contributed by atoms with Crippen molar-refractivity contribution in [3.05, 3.63) is 65.2 Å². The fourth-order valence-electron chi connectivity index (χ4n) is 2.49. The van der Waals surface area contributed by atoms with Crippen LogP contribution in [0.3, 0.4) is 0 Å². The molecule has 140 valence electrons. The molecule has 0 N–H and O–H groups in total. The maximum absolute atomic E-state index is 14.5. The Morgan fingerprint density at radius 1 is 1.04 bits per heavy atom. The highest BCUT2D eigenvalue weighted by atomic mass is 32.2. The van der Waals surface area contributed by atoms with Crippen LogP contribution < -0.4 is 0 Å². The fourth-order valence-corrected chi connectivity index (χ4v) is 3.81. The molecule has 0 saturated heterocycles. The van der Waals surface area contributed by atoms with Crippen LogP contribution in [0.25, 0.3) is 0 Å². The Morgan fingerprint density at radius 3 is 2.04 bits per heavy atom. The SMILES string of the molecule is COC(=O)c1ccc(C(F)CS(=O)(=O)c2ccc(C(C)(C)C)cc2)cc1. The number of hydrogen-bond acceptors (Lipinski definition) is 4. The lowest BCUT2D eigenvalue weighted by Crippen LogP contribution is -2.14. The molecule has 0 spiro atoms. The van der Waals surface area contributed by atoms with Gasteiger partial charge >= 0.3 is 5.97 Å². The largest absolute Gasteiger partial charge is 0.465 e. The van der Waals surface area contributed by atoms with Crippen LogP contribution >= 0.6 is 0 Å². The standard InChI is InChI=1S/C20H23FO4S/c1-20(2,3)16-9-11-17(12-10-16)26(23,24)13-18(21)14-5-7-15(8-6-14)19(22)25-4/h5-12,18H,13H2,1-4H3. The van der Waals surface area contributed by atoms with Gasteiger partial charge in [0.15, 0.2) is 9.84 Å². The van der Waals surface area contributed by atoms with Crippen molar-refractivity contribution in [3.63, 3.8) is 0 Å². The molecule has 0 saturated carbocycles. The summed E-state index contributed by atoms with van der Waals surface area (Å²) in [5.41, 5.74) is 1.40. The third-order valence-corrected chi connectivity index (χ3v) is 5.86. The molecule has 2 rings (SSSR count). The predicted octanol–water partition coefficient (Wildman–Crippen LogP) is 4.26. The van der Waals surface area contributed by atoms with Gasteiger partial charge in [0.05, 0.1) is 23.3 Å². The normalized spacial score (nSPS) is 13.3. The zero-order valence-electron chi connectivity index (χ0n) is 15.3. The van der Waals surface area contributed by atoms with Crippen molar-refractivity contribution in [3.8, 4) is 0 Å². The van der Waals surface area contributed by atoms with Gasteiger partial charge in [0.2, 0.25) is 0 Å². The summed E-state index contributed by atoms with van der Waals surface area (Å²) in [6.07, 6.45) is -1.69. The molecule has 0 heterocycles. The lowest BCUT2D eigenvalue weighted by molar-refractivity contribution is 0.0600. The Labute approximate surface area is 153 Å². The van der Waals surface area contributed by atoms with Crippen LogP contribution in [-0.2, 0) is 20.0 Å². The van der Waals surface area contributed by atoms with Crippen LogP contribution in [0.4, 0.5) is 4.39 Å². The van der Waals surface area contributed by atoms with E-state index in [1.54, 1.807) is 12.1 Å². The van der Waals surface area contributed by atoms with E-state index in [9.17, 15) is 17.6 Å². The van der Waals surface area contributed by atoms with E-state index in [1.807, 2.05) is 20.8 Å². The molecule has 6 heteroatoms. The molecule has 1 atom stereocenters. The van der Waals surface area contributed by atoms with Gasteiger partial charge < -0.3 is 4.74 Å². The second-order valence-electron chi connectivity index (χ2n) is 7.14. The van der Waals surface area contributed by atoms with E-state index < -0.39 is 27.7 Å². The van der Waals surface area contributed by atoms with Crippen molar-refractivity contribution in [2.45, 2.75) is 37.3 Å². The highest BCUT2D eigenvalue weighted by Crippen LogP contribution is 2.26. The number of benzene rings is 2. The minimum atomic E-state index is -3.77. The number of carbonyl (C=O) groups is 1. The number of rotatable bonds is 5. The van der Waals surface area contributed by atoms with Crippen LogP contribution in [0, 0.1) is 0 Å². The second-order valence-corrected chi connectivity index (χ2v) is 9.17. The van der Waals surface area contributed by atoms with Crippen molar-refractivity contribution < 1.29 is 22.3 Å². The van der Waals surface area contributed by atoms with Crippen LogP contribution in [-0.4, -0.2) is 27.2 Å². The Bertz CT molecular complexity index is 864. The molecule has 4 nitrogen and oxygen atoms in total. The van der Waals surface area contributed by atoms with Crippen LogP contribution in [0.15, 0.2) is 53.4 Å². The molecule has 0 aliphatic carbocycles. The Hall–Kier alpha value is -2.21. The number of sulfone groups is 1. The molecule has 0 aliphatic heterocycles. The van der Waals surface area contributed by atoms with Gasteiger partial charge in [-0.3, -0.25) is 0 Å². The van der Waals surface area contributed by atoms with Crippen LogP contribution in [0.1, 0.15) is 48.4 Å². The van der Waals surface area contributed by atoms with Crippen molar-refractivity contribution >= 4 is 15.8 Å². The molecular weight excluding hydrogens is 355 g/mol. The highest BCUT2D eigenvalue weighted by Gasteiger charge is 2.23. The Kier molecular flexibility index (Phi) is 5.86. The van der Waals surface area contributed by atoms with Gasteiger partial charge in [-0.15, -0.1) is 0 Å². The quantitative estimate of drug-likeness (QED) is 0.730. The third-order valence-electron chi connectivity index (χ3n) is 4.14. The van der Waals surface area contributed by atoms with Crippen molar-refractivity contribution in [2.75, 3.05) is 12.9 Å². The highest BCUT2D eigenvalue weighted by molar-refractivity contribution is 7.91. The number of methoxy groups -OCH3 is 1. The molecule has 2 aromatic rings. The van der Waals surface area contributed by atoms with Crippen molar-refractivity contribution in [1.29, 1.82) is 0 Å². The monoisotopic (exact) mass is 378 g/mol. The zero-order valence-corrected chi connectivity index (χ0v) is 16.1. The number of ether oxygens (including phenoxy) is 1. The molecule has 0 radical (unpaired) electrons. The van der Waals surface area contributed by atoms with E-state index in [1.165, 1.54) is 43.5 Å². The molecule has 26 heavy (non-hydrogen) atoms. The first-order valence-corrected chi connectivity index (χ1v) is 9.85. The van der Waals surface area contributed by atoms with Gasteiger partial charge in [-0.05, 0) is 40.8 Å². The molecule has 0 bridgehead atoms. The smallest absolute Gasteiger partial charge is 0.337 e. The van der Waals surface area contributed by atoms with E-state index in [2.05, 4.69) is 4.74 Å². The zero-order chi connectivity index (χ0) is 19.5. The van der Waals surface area contributed by atoms with E-state index in [4.69, 9.17) is 0 Å².